The van der Waals surface area contributed by atoms with Crippen molar-refractivity contribution in [3.8, 4) is 0 Å². The van der Waals surface area contributed by atoms with E-state index in [1.165, 1.54) is 32.1 Å². The van der Waals surface area contributed by atoms with Gasteiger partial charge in [-0.2, -0.15) is 0 Å². The molecule has 0 amide bonds. The minimum Gasteiger partial charge on any atom is -0.484 e. The van der Waals surface area contributed by atoms with Crippen molar-refractivity contribution in [3.63, 3.8) is 0 Å². The third-order valence-corrected chi connectivity index (χ3v) is 3.81. The SMILES string of the molecule is COC(C)=NC1(C)CCC(CC(C)(C)C)CC1. The molecule has 0 radical (unpaired) electrons. The molecule has 0 spiro atoms. The normalized spacial score (nSPS) is 31.4. The first-order valence-corrected chi connectivity index (χ1v) is 6.84. The number of nitrogens with zero attached hydrogens (tertiary/aromatic N) is 1. The fourth-order valence-electron chi connectivity index (χ4n) is 2.91. The summed E-state index contributed by atoms with van der Waals surface area (Å²) >= 11 is 0. The smallest absolute Gasteiger partial charge is 0.180 e. The van der Waals surface area contributed by atoms with Crippen LogP contribution in [0.4, 0.5) is 0 Å². The minimum atomic E-state index is 0.120. The van der Waals surface area contributed by atoms with Crippen LogP contribution in [-0.2, 0) is 4.74 Å². The van der Waals surface area contributed by atoms with Crippen LogP contribution in [0.1, 0.15) is 66.7 Å². The van der Waals surface area contributed by atoms with Gasteiger partial charge in [-0.3, -0.25) is 0 Å². The Kier molecular flexibility index (Phi) is 4.62. The number of hydrogen-bond acceptors (Lipinski definition) is 2. The summed E-state index contributed by atoms with van der Waals surface area (Å²) in [6.07, 6.45) is 6.38. The number of aliphatic imine (C=N–C) groups is 1. The van der Waals surface area contributed by atoms with Gasteiger partial charge < -0.3 is 4.74 Å². The van der Waals surface area contributed by atoms with Gasteiger partial charge in [0.25, 0.3) is 0 Å². The van der Waals surface area contributed by atoms with Crippen molar-refractivity contribution in [2.45, 2.75) is 72.3 Å². The monoisotopic (exact) mass is 239 g/mol. The van der Waals surface area contributed by atoms with Crippen molar-refractivity contribution >= 4 is 5.90 Å². The van der Waals surface area contributed by atoms with Crippen molar-refractivity contribution in [1.29, 1.82) is 0 Å². The van der Waals surface area contributed by atoms with Crippen LogP contribution in [0.25, 0.3) is 0 Å². The highest BCUT2D eigenvalue weighted by Gasteiger charge is 2.32. The molecule has 0 saturated heterocycles. The molecule has 0 atom stereocenters. The maximum atomic E-state index is 5.18. The van der Waals surface area contributed by atoms with E-state index in [4.69, 9.17) is 9.73 Å². The number of hydrogen-bond donors (Lipinski definition) is 0. The van der Waals surface area contributed by atoms with E-state index in [2.05, 4.69) is 27.7 Å². The first kappa shape index (κ1) is 14.5. The quantitative estimate of drug-likeness (QED) is 0.516. The fourth-order valence-corrected chi connectivity index (χ4v) is 2.91. The van der Waals surface area contributed by atoms with Gasteiger partial charge in [0.15, 0.2) is 5.90 Å². The molecule has 0 aromatic heterocycles. The van der Waals surface area contributed by atoms with Crippen LogP contribution in [0.2, 0.25) is 0 Å². The number of rotatable bonds is 2. The average Bonchev–Trinajstić information content (AvgIpc) is 2.20. The van der Waals surface area contributed by atoms with Crippen LogP contribution >= 0.6 is 0 Å². The second-order valence-electron chi connectivity index (χ2n) is 7.04. The van der Waals surface area contributed by atoms with Crippen LogP contribution in [0.5, 0.6) is 0 Å². The van der Waals surface area contributed by atoms with Gasteiger partial charge in [0, 0.05) is 6.92 Å². The van der Waals surface area contributed by atoms with Gasteiger partial charge >= 0.3 is 0 Å². The summed E-state index contributed by atoms with van der Waals surface area (Å²) in [5.74, 6) is 1.71. The Bertz CT molecular complexity index is 267. The molecule has 1 saturated carbocycles. The zero-order valence-electron chi connectivity index (χ0n) is 12.5. The van der Waals surface area contributed by atoms with Gasteiger partial charge in [-0.25, -0.2) is 4.99 Å². The summed E-state index contributed by atoms with van der Waals surface area (Å²) in [7, 11) is 1.70. The van der Waals surface area contributed by atoms with Crippen molar-refractivity contribution in [2.24, 2.45) is 16.3 Å². The summed E-state index contributed by atoms with van der Waals surface area (Å²) in [4.78, 5) is 4.71. The van der Waals surface area contributed by atoms with Crippen molar-refractivity contribution in [1.82, 2.24) is 0 Å². The zero-order chi connectivity index (χ0) is 13.1. The maximum Gasteiger partial charge on any atom is 0.180 e. The molecule has 0 aliphatic heterocycles. The third kappa shape index (κ3) is 5.10. The molecular formula is C15H29NO. The molecular weight excluding hydrogens is 210 g/mol. The standard InChI is InChI=1S/C15H29NO/c1-12(17-6)16-15(5)9-7-13(8-10-15)11-14(2,3)4/h13H,7-11H2,1-6H3. The molecule has 17 heavy (non-hydrogen) atoms. The summed E-state index contributed by atoms with van der Waals surface area (Å²) in [6.45, 7) is 11.2. The number of methoxy groups -OCH3 is 1. The highest BCUT2D eigenvalue weighted by Crippen LogP contribution is 2.39. The molecule has 0 bridgehead atoms. The first-order chi connectivity index (χ1) is 7.74. The molecule has 1 rings (SSSR count). The van der Waals surface area contributed by atoms with E-state index in [0.717, 1.165) is 11.8 Å². The molecule has 2 nitrogen and oxygen atoms in total. The van der Waals surface area contributed by atoms with Crippen LogP contribution in [-0.4, -0.2) is 18.5 Å². The Labute approximate surface area is 107 Å². The molecule has 0 N–H and O–H groups in total. The van der Waals surface area contributed by atoms with E-state index in [9.17, 15) is 0 Å². The molecule has 0 heterocycles. The van der Waals surface area contributed by atoms with E-state index in [1.807, 2.05) is 6.92 Å². The highest BCUT2D eigenvalue weighted by molar-refractivity contribution is 5.73. The summed E-state index contributed by atoms with van der Waals surface area (Å²) in [5.41, 5.74) is 0.582. The van der Waals surface area contributed by atoms with Crippen LogP contribution in [0, 0.1) is 11.3 Å². The summed E-state index contributed by atoms with van der Waals surface area (Å²) in [6, 6.07) is 0. The molecule has 1 aliphatic rings. The second kappa shape index (κ2) is 5.41. The average molecular weight is 239 g/mol. The van der Waals surface area contributed by atoms with E-state index in [0.29, 0.717) is 5.41 Å². The Morgan fingerprint density at radius 2 is 1.82 bits per heavy atom. The zero-order valence-corrected chi connectivity index (χ0v) is 12.5. The van der Waals surface area contributed by atoms with Crippen molar-refractivity contribution in [3.05, 3.63) is 0 Å². The minimum absolute atomic E-state index is 0.120. The van der Waals surface area contributed by atoms with Crippen LogP contribution < -0.4 is 0 Å². The van der Waals surface area contributed by atoms with E-state index in [-0.39, 0.29) is 5.54 Å². The maximum absolute atomic E-state index is 5.18. The summed E-state index contributed by atoms with van der Waals surface area (Å²) < 4.78 is 5.18. The van der Waals surface area contributed by atoms with Gasteiger partial charge in [0.1, 0.15) is 0 Å². The predicted octanol–water partition coefficient (Wildman–Crippen LogP) is 4.44. The molecule has 100 valence electrons. The van der Waals surface area contributed by atoms with E-state index < -0.39 is 0 Å². The topological polar surface area (TPSA) is 21.6 Å². The van der Waals surface area contributed by atoms with Gasteiger partial charge in [-0.05, 0) is 50.4 Å². The lowest BCUT2D eigenvalue weighted by atomic mass is 9.72. The van der Waals surface area contributed by atoms with E-state index in [1.54, 1.807) is 7.11 Å². The Morgan fingerprint density at radius 3 is 2.24 bits per heavy atom. The third-order valence-electron chi connectivity index (χ3n) is 3.81. The molecule has 2 heteroatoms. The lowest BCUT2D eigenvalue weighted by Gasteiger charge is -2.37. The molecule has 1 fully saturated rings. The molecule has 1 aliphatic carbocycles. The van der Waals surface area contributed by atoms with Gasteiger partial charge in [0.05, 0.1) is 12.6 Å². The van der Waals surface area contributed by atoms with Gasteiger partial charge in [-0.1, -0.05) is 20.8 Å². The fraction of sp³-hybridized carbons (Fsp3) is 0.933. The van der Waals surface area contributed by atoms with E-state index >= 15 is 0 Å². The molecule has 0 aromatic rings. The Morgan fingerprint density at radius 1 is 1.29 bits per heavy atom. The highest BCUT2D eigenvalue weighted by atomic mass is 16.5. The lowest BCUT2D eigenvalue weighted by Crippen LogP contribution is -2.31. The first-order valence-electron chi connectivity index (χ1n) is 6.84. The van der Waals surface area contributed by atoms with Crippen LogP contribution in [0.15, 0.2) is 4.99 Å². The van der Waals surface area contributed by atoms with Crippen molar-refractivity contribution in [2.75, 3.05) is 7.11 Å². The molecule has 0 unspecified atom stereocenters. The second-order valence-corrected chi connectivity index (χ2v) is 7.04. The lowest BCUT2D eigenvalue weighted by molar-refractivity contribution is 0.191. The van der Waals surface area contributed by atoms with Gasteiger partial charge in [-0.15, -0.1) is 0 Å². The Hall–Kier alpha value is -0.530. The predicted molar refractivity (Wildman–Crippen MR) is 74.6 cm³/mol. The number of ether oxygens (including phenoxy) is 1. The largest absolute Gasteiger partial charge is 0.484 e. The molecule has 0 aromatic carbocycles. The summed E-state index contributed by atoms with van der Waals surface area (Å²) in [5, 5.41) is 0. The van der Waals surface area contributed by atoms with Gasteiger partial charge in [0.2, 0.25) is 0 Å². The Balaban J connectivity index is 2.50. The van der Waals surface area contributed by atoms with Crippen LogP contribution in [0.3, 0.4) is 0 Å². The van der Waals surface area contributed by atoms with Crippen molar-refractivity contribution < 1.29 is 4.74 Å².